The molecule has 17 heavy (non-hydrogen) atoms. The molecule has 0 unspecified atom stereocenters. The molecule has 0 aromatic rings. The standard InChI is InChI=1S/C14H23NO2/c1-14(16)17-13-11-9-7-5-3-2-4-6-8-10-12-15/h5,7H,2-4,6,8-11,13H2,1H3/b7-5+. The topological polar surface area (TPSA) is 50.1 Å². The molecule has 0 spiro atoms. The number of nitriles is 1. The normalized spacial score (nSPS) is 10.4. The highest BCUT2D eigenvalue weighted by Crippen LogP contribution is 2.05. The van der Waals surface area contributed by atoms with Crippen molar-refractivity contribution in [3.63, 3.8) is 0 Å². The fourth-order valence-electron chi connectivity index (χ4n) is 1.47. The summed E-state index contributed by atoms with van der Waals surface area (Å²) in [5, 5.41) is 8.35. The van der Waals surface area contributed by atoms with Crippen LogP contribution in [0, 0.1) is 11.3 Å². The third-order valence-corrected chi connectivity index (χ3v) is 2.40. The van der Waals surface area contributed by atoms with Crippen molar-refractivity contribution in [1.82, 2.24) is 0 Å². The summed E-state index contributed by atoms with van der Waals surface area (Å²) in [6.07, 6.45) is 12.6. The predicted molar refractivity (Wildman–Crippen MR) is 68.3 cm³/mol. The molecule has 3 heteroatoms. The van der Waals surface area contributed by atoms with E-state index >= 15 is 0 Å². The lowest BCUT2D eigenvalue weighted by atomic mass is 10.1. The molecule has 3 nitrogen and oxygen atoms in total. The van der Waals surface area contributed by atoms with Gasteiger partial charge in [-0.2, -0.15) is 5.26 Å². The Kier molecular flexibility index (Phi) is 11.8. The zero-order valence-corrected chi connectivity index (χ0v) is 10.8. The van der Waals surface area contributed by atoms with Gasteiger partial charge in [-0.25, -0.2) is 0 Å². The first-order valence-electron chi connectivity index (χ1n) is 6.42. The van der Waals surface area contributed by atoms with Gasteiger partial charge in [0.25, 0.3) is 0 Å². The molecule has 0 saturated carbocycles. The van der Waals surface area contributed by atoms with Gasteiger partial charge >= 0.3 is 5.97 Å². The molecule has 0 N–H and O–H groups in total. The van der Waals surface area contributed by atoms with Gasteiger partial charge in [-0.15, -0.1) is 0 Å². The summed E-state index contributed by atoms with van der Waals surface area (Å²) in [4.78, 5) is 10.5. The van der Waals surface area contributed by atoms with Gasteiger partial charge in [-0.05, 0) is 32.1 Å². The van der Waals surface area contributed by atoms with E-state index in [2.05, 4.69) is 18.2 Å². The van der Waals surface area contributed by atoms with Crippen molar-refractivity contribution in [2.75, 3.05) is 6.61 Å². The van der Waals surface area contributed by atoms with Crippen LogP contribution in [-0.4, -0.2) is 12.6 Å². The van der Waals surface area contributed by atoms with Crippen LogP contribution in [0.1, 0.15) is 58.3 Å². The molecule has 0 radical (unpaired) electrons. The van der Waals surface area contributed by atoms with Gasteiger partial charge in [0.1, 0.15) is 0 Å². The molecule has 0 rings (SSSR count). The van der Waals surface area contributed by atoms with Crippen LogP contribution in [0.25, 0.3) is 0 Å². The van der Waals surface area contributed by atoms with Crippen molar-refractivity contribution >= 4 is 5.97 Å². The van der Waals surface area contributed by atoms with E-state index in [1.807, 2.05) is 0 Å². The third-order valence-electron chi connectivity index (χ3n) is 2.40. The van der Waals surface area contributed by atoms with E-state index < -0.39 is 0 Å². The summed E-state index contributed by atoms with van der Waals surface area (Å²) in [7, 11) is 0. The minimum Gasteiger partial charge on any atom is -0.466 e. The molecule has 96 valence electrons. The summed E-state index contributed by atoms with van der Waals surface area (Å²) in [5.41, 5.74) is 0. The number of esters is 1. The summed E-state index contributed by atoms with van der Waals surface area (Å²) in [5.74, 6) is -0.202. The molecule has 0 aliphatic heterocycles. The van der Waals surface area contributed by atoms with E-state index in [0.29, 0.717) is 13.0 Å². The summed E-state index contributed by atoms with van der Waals surface area (Å²) in [6, 6.07) is 2.16. The van der Waals surface area contributed by atoms with Gasteiger partial charge in [-0.1, -0.05) is 25.0 Å². The first-order chi connectivity index (χ1) is 8.27. The third kappa shape index (κ3) is 14.7. The Balaban J connectivity index is 3.10. The first kappa shape index (κ1) is 15.7. The quantitative estimate of drug-likeness (QED) is 0.330. The molecular weight excluding hydrogens is 214 g/mol. The molecule has 0 fully saturated rings. The largest absolute Gasteiger partial charge is 0.466 e. The van der Waals surface area contributed by atoms with Crippen molar-refractivity contribution in [2.24, 2.45) is 0 Å². The molecule has 0 saturated heterocycles. The zero-order chi connectivity index (χ0) is 12.8. The highest BCUT2D eigenvalue weighted by Gasteiger charge is 1.90. The van der Waals surface area contributed by atoms with Crippen LogP contribution in [0.4, 0.5) is 0 Å². The molecule has 0 amide bonds. The van der Waals surface area contributed by atoms with Crippen molar-refractivity contribution in [3.05, 3.63) is 12.2 Å². The minimum atomic E-state index is -0.202. The van der Waals surface area contributed by atoms with Gasteiger partial charge in [-0.3, -0.25) is 4.79 Å². The lowest BCUT2D eigenvalue weighted by Gasteiger charge is -1.98. The summed E-state index contributed by atoms with van der Waals surface area (Å²) >= 11 is 0. The second-order valence-electron chi connectivity index (χ2n) is 4.06. The Hall–Kier alpha value is -1.30. The van der Waals surface area contributed by atoms with Crippen molar-refractivity contribution in [1.29, 1.82) is 5.26 Å². The van der Waals surface area contributed by atoms with E-state index in [1.54, 1.807) is 0 Å². The van der Waals surface area contributed by atoms with Crippen molar-refractivity contribution in [2.45, 2.75) is 58.3 Å². The molecular formula is C14H23NO2. The zero-order valence-electron chi connectivity index (χ0n) is 10.8. The number of rotatable bonds is 10. The summed E-state index contributed by atoms with van der Waals surface area (Å²) in [6.45, 7) is 1.95. The number of nitrogens with zero attached hydrogens (tertiary/aromatic N) is 1. The SMILES string of the molecule is CC(=O)OCCC/C=C/CCCCCCC#N. The van der Waals surface area contributed by atoms with Crippen LogP contribution in [0.2, 0.25) is 0 Å². The van der Waals surface area contributed by atoms with Crippen LogP contribution in [0.5, 0.6) is 0 Å². The number of hydrogen-bond donors (Lipinski definition) is 0. The molecule has 0 bridgehead atoms. The van der Waals surface area contributed by atoms with E-state index in [0.717, 1.165) is 32.1 Å². The Morgan fingerprint density at radius 2 is 1.76 bits per heavy atom. The van der Waals surface area contributed by atoms with Crippen LogP contribution in [0.3, 0.4) is 0 Å². The average Bonchev–Trinajstić information content (AvgIpc) is 2.30. The second kappa shape index (κ2) is 12.8. The van der Waals surface area contributed by atoms with Gasteiger partial charge < -0.3 is 4.74 Å². The van der Waals surface area contributed by atoms with Gasteiger partial charge in [0.2, 0.25) is 0 Å². The molecule has 0 atom stereocenters. The van der Waals surface area contributed by atoms with E-state index in [9.17, 15) is 4.79 Å². The summed E-state index contributed by atoms with van der Waals surface area (Å²) < 4.78 is 4.83. The Bertz CT molecular complexity index is 253. The number of hydrogen-bond acceptors (Lipinski definition) is 3. The van der Waals surface area contributed by atoms with Gasteiger partial charge in [0.15, 0.2) is 0 Å². The number of carbonyl (C=O) groups excluding carboxylic acids is 1. The smallest absolute Gasteiger partial charge is 0.302 e. The maximum atomic E-state index is 10.5. The second-order valence-corrected chi connectivity index (χ2v) is 4.06. The van der Waals surface area contributed by atoms with Crippen molar-refractivity contribution in [3.8, 4) is 6.07 Å². The average molecular weight is 237 g/mol. The van der Waals surface area contributed by atoms with E-state index in [-0.39, 0.29) is 5.97 Å². The number of allylic oxidation sites excluding steroid dienone is 2. The molecule has 0 aliphatic rings. The fraction of sp³-hybridized carbons (Fsp3) is 0.714. The Morgan fingerprint density at radius 3 is 2.41 bits per heavy atom. The van der Waals surface area contributed by atoms with Crippen LogP contribution in [-0.2, 0) is 9.53 Å². The highest BCUT2D eigenvalue weighted by molar-refractivity contribution is 5.65. The minimum absolute atomic E-state index is 0.202. The van der Waals surface area contributed by atoms with Crippen LogP contribution in [0.15, 0.2) is 12.2 Å². The predicted octanol–water partition coefficient (Wildman–Crippen LogP) is 3.75. The lowest BCUT2D eigenvalue weighted by molar-refractivity contribution is -0.141. The number of unbranched alkanes of at least 4 members (excludes halogenated alkanes) is 6. The van der Waals surface area contributed by atoms with Crippen LogP contribution < -0.4 is 0 Å². The number of ether oxygens (including phenoxy) is 1. The molecule has 0 aliphatic carbocycles. The number of carbonyl (C=O) groups is 1. The first-order valence-corrected chi connectivity index (χ1v) is 6.42. The molecule has 0 heterocycles. The Morgan fingerprint density at radius 1 is 1.12 bits per heavy atom. The fourth-order valence-corrected chi connectivity index (χ4v) is 1.47. The highest BCUT2D eigenvalue weighted by atomic mass is 16.5. The van der Waals surface area contributed by atoms with Crippen molar-refractivity contribution < 1.29 is 9.53 Å². The molecule has 0 aromatic heterocycles. The lowest BCUT2D eigenvalue weighted by Crippen LogP contribution is -1.99. The molecule has 0 aromatic carbocycles. The maximum absolute atomic E-state index is 10.5. The van der Waals surface area contributed by atoms with Crippen LogP contribution >= 0.6 is 0 Å². The maximum Gasteiger partial charge on any atom is 0.302 e. The monoisotopic (exact) mass is 237 g/mol. The van der Waals surface area contributed by atoms with Gasteiger partial charge in [0, 0.05) is 13.3 Å². The van der Waals surface area contributed by atoms with Gasteiger partial charge in [0.05, 0.1) is 12.7 Å². The Labute approximate surface area is 104 Å². The van der Waals surface area contributed by atoms with E-state index in [1.165, 1.54) is 19.8 Å². The van der Waals surface area contributed by atoms with E-state index in [4.69, 9.17) is 10.00 Å².